The minimum atomic E-state index is -0.0770. The first-order valence-electron chi connectivity index (χ1n) is 9.04. The summed E-state index contributed by atoms with van der Waals surface area (Å²) in [6.07, 6.45) is 7.16. The SMILES string of the molecule is CCCCCCC(=O)OC1CCc2nc3ccccc3c(N)c2C1. The summed E-state index contributed by atoms with van der Waals surface area (Å²) in [6, 6.07) is 7.95. The minimum Gasteiger partial charge on any atom is -0.462 e. The van der Waals surface area contributed by atoms with Crippen molar-refractivity contribution in [2.75, 3.05) is 5.73 Å². The van der Waals surface area contributed by atoms with Crippen LogP contribution < -0.4 is 5.73 Å². The summed E-state index contributed by atoms with van der Waals surface area (Å²) in [5.41, 5.74) is 10.2. The average Bonchev–Trinajstić information content (AvgIpc) is 2.60. The molecule has 0 spiro atoms. The Morgan fingerprint density at radius 1 is 1.29 bits per heavy atom. The third-order valence-electron chi connectivity index (χ3n) is 4.79. The third-order valence-corrected chi connectivity index (χ3v) is 4.79. The second-order valence-corrected chi connectivity index (χ2v) is 6.63. The van der Waals surface area contributed by atoms with Crippen molar-refractivity contribution < 1.29 is 9.53 Å². The number of aromatic nitrogens is 1. The van der Waals surface area contributed by atoms with Crippen LogP contribution in [0.4, 0.5) is 5.69 Å². The van der Waals surface area contributed by atoms with E-state index in [0.29, 0.717) is 12.8 Å². The molecular formula is C20H26N2O2. The highest BCUT2D eigenvalue weighted by Crippen LogP contribution is 2.32. The number of nitrogen functional groups attached to an aromatic ring is 1. The first-order valence-corrected chi connectivity index (χ1v) is 9.04. The number of ether oxygens (including phenoxy) is 1. The Kier molecular flexibility index (Phi) is 5.34. The zero-order valence-corrected chi connectivity index (χ0v) is 14.4. The maximum absolute atomic E-state index is 12.0. The molecule has 1 aliphatic rings. The molecule has 4 nitrogen and oxygen atoms in total. The molecule has 0 saturated heterocycles. The van der Waals surface area contributed by atoms with Crippen LogP contribution in [-0.2, 0) is 22.4 Å². The molecule has 0 fully saturated rings. The smallest absolute Gasteiger partial charge is 0.306 e. The molecule has 128 valence electrons. The maximum atomic E-state index is 12.0. The molecule has 0 amide bonds. The summed E-state index contributed by atoms with van der Waals surface area (Å²) in [4.78, 5) is 16.8. The van der Waals surface area contributed by atoms with E-state index in [1.807, 2.05) is 24.3 Å². The number of benzene rings is 1. The Hall–Kier alpha value is -2.10. The van der Waals surface area contributed by atoms with E-state index in [0.717, 1.165) is 53.5 Å². The molecule has 1 aromatic heterocycles. The van der Waals surface area contributed by atoms with E-state index >= 15 is 0 Å². The number of nitrogens with two attached hydrogens (primary N) is 1. The van der Waals surface area contributed by atoms with Gasteiger partial charge in [0.2, 0.25) is 0 Å². The topological polar surface area (TPSA) is 65.2 Å². The molecule has 4 heteroatoms. The van der Waals surface area contributed by atoms with E-state index < -0.39 is 0 Å². The Labute approximate surface area is 143 Å². The lowest BCUT2D eigenvalue weighted by Gasteiger charge is -2.26. The van der Waals surface area contributed by atoms with Gasteiger partial charge in [0.1, 0.15) is 6.10 Å². The maximum Gasteiger partial charge on any atom is 0.306 e. The fourth-order valence-electron chi connectivity index (χ4n) is 3.43. The van der Waals surface area contributed by atoms with E-state index in [1.165, 1.54) is 12.8 Å². The van der Waals surface area contributed by atoms with Crippen LogP contribution in [0.2, 0.25) is 0 Å². The highest BCUT2D eigenvalue weighted by molar-refractivity contribution is 5.92. The van der Waals surface area contributed by atoms with Gasteiger partial charge in [0.25, 0.3) is 0 Å². The number of aryl methyl sites for hydroxylation is 1. The number of anilines is 1. The van der Waals surface area contributed by atoms with Gasteiger partial charge in [-0.2, -0.15) is 0 Å². The molecule has 2 N–H and O–H groups in total. The zero-order valence-electron chi connectivity index (χ0n) is 14.4. The molecule has 2 aromatic rings. The highest BCUT2D eigenvalue weighted by atomic mass is 16.5. The fraction of sp³-hybridized carbons (Fsp3) is 0.500. The Bertz CT molecular complexity index is 727. The Morgan fingerprint density at radius 2 is 2.12 bits per heavy atom. The Morgan fingerprint density at radius 3 is 2.96 bits per heavy atom. The molecule has 0 radical (unpaired) electrons. The molecule has 1 heterocycles. The number of para-hydroxylation sites is 1. The van der Waals surface area contributed by atoms with Crippen molar-refractivity contribution in [2.45, 2.75) is 64.4 Å². The lowest BCUT2D eigenvalue weighted by Crippen LogP contribution is -2.27. The number of hydrogen-bond acceptors (Lipinski definition) is 4. The van der Waals surface area contributed by atoms with Gasteiger partial charge in [-0.05, 0) is 25.3 Å². The van der Waals surface area contributed by atoms with Gasteiger partial charge in [-0.15, -0.1) is 0 Å². The van der Waals surface area contributed by atoms with Crippen LogP contribution in [0.1, 0.15) is 56.7 Å². The van der Waals surface area contributed by atoms with Crippen molar-refractivity contribution in [3.8, 4) is 0 Å². The van der Waals surface area contributed by atoms with Crippen LogP contribution in [0.15, 0.2) is 24.3 Å². The van der Waals surface area contributed by atoms with Gasteiger partial charge in [0.15, 0.2) is 0 Å². The number of unbranched alkanes of at least 4 members (excludes halogenated alkanes) is 3. The monoisotopic (exact) mass is 326 g/mol. The summed E-state index contributed by atoms with van der Waals surface area (Å²) in [5, 5.41) is 0.989. The normalized spacial score (nSPS) is 16.8. The second kappa shape index (κ2) is 7.65. The van der Waals surface area contributed by atoms with Gasteiger partial charge in [-0.3, -0.25) is 9.78 Å². The molecule has 0 saturated carbocycles. The van der Waals surface area contributed by atoms with Crippen molar-refractivity contribution in [1.82, 2.24) is 4.98 Å². The number of carbonyl (C=O) groups excluding carboxylic acids is 1. The second-order valence-electron chi connectivity index (χ2n) is 6.63. The van der Waals surface area contributed by atoms with Crippen LogP contribution in [0, 0.1) is 0 Å². The van der Waals surface area contributed by atoms with Crippen LogP contribution in [0.25, 0.3) is 10.9 Å². The van der Waals surface area contributed by atoms with Gasteiger partial charge < -0.3 is 10.5 Å². The molecule has 24 heavy (non-hydrogen) atoms. The molecular weight excluding hydrogens is 300 g/mol. The van der Waals surface area contributed by atoms with Gasteiger partial charge >= 0.3 is 5.97 Å². The van der Waals surface area contributed by atoms with Gasteiger partial charge in [-0.25, -0.2) is 0 Å². The number of nitrogens with zero attached hydrogens (tertiary/aromatic N) is 1. The van der Waals surface area contributed by atoms with Crippen LogP contribution >= 0.6 is 0 Å². The molecule has 1 atom stereocenters. The standard InChI is InChI=1S/C20H26N2O2/c1-2-3-4-5-10-19(23)24-14-11-12-18-16(13-14)20(21)15-8-6-7-9-17(15)22-18/h6-9,14H,2-5,10-13H2,1H3,(H2,21,22). The quantitative estimate of drug-likeness (QED) is 0.638. The van der Waals surface area contributed by atoms with Crippen LogP contribution in [0.3, 0.4) is 0 Å². The molecule has 1 unspecified atom stereocenters. The third kappa shape index (κ3) is 3.69. The molecule has 1 aromatic carbocycles. The van der Waals surface area contributed by atoms with E-state index in [-0.39, 0.29) is 12.1 Å². The molecule has 0 bridgehead atoms. The minimum absolute atomic E-state index is 0.0681. The summed E-state index contributed by atoms with van der Waals surface area (Å²) < 4.78 is 5.67. The number of carbonyl (C=O) groups is 1. The van der Waals surface area contributed by atoms with Crippen LogP contribution in [-0.4, -0.2) is 17.1 Å². The van der Waals surface area contributed by atoms with E-state index in [4.69, 9.17) is 15.5 Å². The van der Waals surface area contributed by atoms with Gasteiger partial charge in [0, 0.05) is 35.2 Å². The number of pyridine rings is 1. The van der Waals surface area contributed by atoms with E-state index in [2.05, 4.69) is 6.92 Å². The van der Waals surface area contributed by atoms with E-state index in [9.17, 15) is 4.79 Å². The molecule has 3 rings (SSSR count). The summed E-state index contributed by atoms with van der Waals surface area (Å²) >= 11 is 0. The highest BCUT2D eigenvalue weighted by Gasteiger charge is 2.25. The molecule has 0 aliphatic heterocycles. The first-order chi connectivity index (χ1) is 11.7. The summed E-state index contributed by atoms with van der Waals surface area (Å²) in [6.45, 7) is 2.17. The zero-order chi connectivity index (χ0) is 16.9. The van der Waals surface area contributed by atoms with Crippen molar-refractivity contribution in [2.24, 2.45) is 0 Å². The van der Waals surface area contributed by atoms with Crippen molar-refractivity contribution in [3.63, 3.8) is 0 Å². The largest absolute Gasteiger partial charge is 0.462 e. The Balaban J connectivity index is 1.66. The number of rotatable bonds is 6. The van der Waals surface area contributed by atoms with Crippen molar-refractivity contribution >= 4 is 22.6 Å². The number of esters is 1. The van der Waals surface area contributed by atoms with Gasteiger partial charge in [0.05, 0.1) is 5.52 Å². The predicted octanol–water partition coefficient (Wildman–Crippen LogP) is 4.19. The van der Waals surface area contributed by atoms with Gasteiger partial charge in [-0.1, -0.05) is 44.4 Å². The van der Waals surface area contributed by atoms with E-state index in [1.54, 1.807) is 0 Å². The molecule has 1 aliphatic carbocycles. The summed E-state index contributed by atoms with van der Waals surface area (Å²) in [5.74, 6) is -0.0770. The lowest BCUT2D eigenvalue weighted by atomic mass is 9.91. The summed E-state index contributed by atoms with van der Waals surface area (Å²) in [7, 11) is 0. The van der Waals surface area contributed by atoms with Crippen LogP contribution in [0.5, 0.6) is 0 Å². The first kappa shape index (κ1) is 16.7. The average molecular weight is 326 g/mol. The van der Waals surface area contributed by atoms with Crippen molar-refractivity contribution in [1.29, 1.82) is 0 Å². The number of hydrogen-bond donors (Lipinski definition) is 1. The number of fused-ring (bicyclic) bond motifs is 2. The fourth-order valence-corrected chi connectivity index (χ4v) is 3.43. The van der Waals surface area contributed by atoms with Crippen molar-refractivity contribution in [3.05, 3.63) is 35.5 Å². The lowest BCUT2D eigenvalue weighted by molar-refractivity contribution is -0.149. The predicted molar refractivity (Wildman–Crippen MR) is 96.8 cm³/mol.